The summed E-state index contributed by atoms with van der Waals surface area (Å²) in [5.74, 6) is -1.26. The van der Waals surface area contributed by atoms with Gasteiger partial charge in [0.1, 0.15) is 5.52 Å². The van der Waals surface area contributed by atoms with E-state index in [9.17, 15) is 9.90 Å². The fraction of sp³-hybridized carbons (Fsp3) is 0.462. The number of carboxylic acid groups (broad SMARTS) is 1. The first-order chi connectivity index (χ1) is 9.07. The molecule has 0 aliphatic heterocycles. The van der Waals surface area contributed by atoms with Gasteiger partial charge in [0.2, 0.25) is 0 Å². The number of fused-ring (bicyclic) bond motifs is 1. The number of nitrogens with one attached hydrogen (secondary N) is 2. The van der Waals surface area contributed by atoms with E-state index in [4.69, 9.17) is 0 Å². The van der Waals surface area contributed by atoms with Crippen LogP contribution in [0.5, 0.6) is 0 Å². The van der Waals surface area contributed by atoms with Gasteiger partial charge >= 0.3 is 18.9 Å². The summed E-state index contributed by atoms with van der Waals surface area (Å²) in [6.07, 6.45) is 5.06. The van der Waals surface area contributed by atoms with Crippen LogP contribution >= 0.6 is 0 Å². The number of nitrogens with zero attached hydrogens (tertiary/aromatic N) is 2. The van der Waals surface area contributed by atoms with Gasteiger partial charge in [0.05, 0.1) is 23.4 Å². The SMILES string of the molecule is CC1(NCc2cc(C(=O)[O-])nc3cn[nH]c23)CCC1.[Li+]. The molecule has 3 rings (SSSR count). The summed E-state index contributed by atoms with van der Waals surface area (Å²) in [5.41, 5.74) is 2.30. The molecule has 100 valence electrons. The van der Waals surface area contributed by atoms with Gasteiger partial charge in [-0.3, -0.25) is 5.10 Å². The molecule has 0 saturated heterocycles. The van der Waals surface area contributed by atoms with Crippen LogP contribution in [0.15, 0.2) is 12.3 Å². The zero-order valence-corrected chi connectivity index (χ0v) is 11.7. The van der Waals surface area contributed by atoms with E-state index in [-0.39, 0.29) is 30.1 Å². The van der Waals surface area contributed by atoms with Crippen molar-refractivity contribution in [2.24, 2.45) is 0 Å². The Morgan fingerprint density at radius 1 is 1.55 bits per heavy atom. The van der Waals surface area contributed by atoms with E-state index in [1.54, 1.807) is 6.07 Å². The standard InChI is InChI=1S/C13H16N4O2.Li/c1-13(3-2-4-13)14-6-8-5-9(12(18)19)16-10-7-15-17-11(8)10;/h5,7,14H,2-4,6H2,1H3,(H,15,17)(H,18,19);/q;+1/p-1. The molecule has 0 unspecified atom stereocenters. The number of aromatic nitrogens is 3. The summed E-state index contributed by atoms with van der Waals surface area (Å²) in [6, 6.07) is 1.55. The van der Waals surface area contributed by atoms with Crippen molar-refractivity contribution in [2.45, 2.75) is 38.3 Å². The minimum atomic E-state index is -1.26. The van der Waals surface area contributed by atoms with Crippen LogP contribution in [0.2, 0.25) is 0 Å². The van der Waals surface area contributed by atoms with E-state index in [0.717, 1.165) is 23.9 Å². The number of hydrogen-bond acceptors (Lipinski definition) is 5. The number of H-pyrrole nitrogens is 1. The van der Waals surface area contributed by atoms with Gasteiger partial charge in [-0.1, -0.05) is 0 Å². The first-order valence-electron chi connectivity index (χ1n) is 6.37. The topological polar surface area (TPSA) is 93.7 Å². The summed E-state index contributed by atoms with van der Waals surface area (Å²) >= 11 is 0. The first-order valence-corrected chi connectivity index (χ1v) is 6.37. The predicted molar refractivity (Wildman–Crippen MR) is 67.3 cm³/mol. The molecule has 7 heteroatoms. The summed E-state index contributed by atoms with van der Waals surface area (Å²) in [6.45, 7) is 2.78. The molecule has 1 saturated carbocycles. The van der Waals surface area contributed by atoms with Crippen LogP contribution in [0.25, 0.3) is 11.0 Å². The summed E-state index contributed by atoms with van der Waals surface area (Å²) in [4.78, 5) is 15.0. The number of carbonyl (C=O) groups is 1. The molecular weight excluding hydrogens is 251 g/mol. The quantitative estimate of drug-likeness (QED) is 0.590. The molecule has 2 N–H and O–H groups in total. The van der Waals surface area contributed by atoms with Crippen LogP contribution in [0.1, 0.15) is 42.2 Å². The average Bonchev–Trinajstić information content (AvgIpc) is 2.81. The summed E-state index contributed by atoms with van der Waals surface area (Å²) in [5, 5.41) is 21.2. The third-order valence-corrected chi connectivity index (χ3v) is 3.86. The third kappa shape index (κ3) is 2.73. The Balaban J connectivity index is 0.00000147. The van der Waals surface area contributed by atoms with Crippen LogP contribution in [0.3, 0.4) is 0 Å². The molecule has 1 aliphatic carbocycles. The van der Waals surface area contributed by atoms with Crippen molar-refractivity contribution in [1.29, 1.82) is 0 Å². The molecule has 2 heterocycles. The van der Waals surface area contributed by atoms with Crippen LogP contribution in [-0.4, -0.2) is 26.7 Å². The number of pyridine rings is 1. The maximum Gasteiger partial charge on any atom is 1.00 e. The smallest absolute Gasteiger partial charge is 0.543 e. The maximum atomic E-state index is 11.0. The molecule has 2 aromatic rings. The minimum absolute atomic E-state index is 0. The third-order valence-electron chi connectivity index (χ3n) is 3.86. The molecule has 1 fully saturated rings. The van der Waals surface area contributed by atoms with Crippen molar-refractivity contribution in [3.8, 4) is 0 Å². The van der Waals surface area contributed by atoms with Gasteiger partial charge in [-0.25, -0.2) is 4.98 Å². The van der Waals surface area contributed by atoms with E-state index in [1.165, 1.54) is 12.6 Å². The predicted octanol–water partition coefficient (Wildman–Crippen LogP) is -2.64. The second kappa shape index (κ2) is 5.56. The number of aromatic amines is 1. The molecule has 0 aromatic carbocycles. The number of carbonyl (C=O) groups excluding carboxylic acids is 1. The van der Waals surface area contributed by atoms with Crippen molar-refractivity contribution in [1.82, 2.24) is 20.5 Å². The van der Waals surface area contributed by atoms with Crippen molar-refractivity contribution < 1.29 is 28.8 Å². The van der Waals surface area contributed by atoms with Crippen molar-refractivity contribution in [3.05, 3.63) is 23.5 Å². The van der Waals surface area contributed by atoms with Crippen LogP contribution in [0, 0.1) is 0 Å². The van der Waals surface area contributed by atoms with E-state index < -0.39 is 5.97 Å². The fourth-order valence-electron chi connectivity index (χ4n) is 2.44. The molecular formula is C13H15LiN4O2. The Labute approximate surface area is 128 Å². The first kappa shape index (κ1) is 15.0. The zero-order valence-electron chi connectivity index (χ0n) is 11.7. The van der Waals surface area contributed by atoms with Gasteiger partial charge < -0.3 is 15.2 Å². The van der Waals surface area contributed by atoms with Crippen LogP contribution in [-0.2, 0) is 6.54 Å². The number of hydrogen-bond donors (Lipinski definition) is 2. The molecule has 6 nitrogen and oxygen atoms in total. The largest absolute Gasteiger partial charge is 1.00 e. The second-order valence-corrected chi connectivity index (χ2v) is 5.35. The normalized spacial score (nSPS) is 16.4. The maximum absolute atomic E-state index is 11.0. The Bertz CT molecular complexity index is 636. The fourth-order valence-corrected chi connectivity index (χ4v) is 2.44. The van der Waals surface area contributed by atoms with Crippen LogP contribution < -0.4 is 29.3 Å². The summed E-state index contributed by atoms with van der Waals surface area (Å²) in [7, 11) is 0. The Kier molecular flexibility index (Phi) is 4.19. The number of carboxylic acids is 1. The average molecular weight is 266 g/mol. The molecule has 0 atom stereocenters. The van der Waals surface area contributed by atoms with Gasteiger partial charge in [0.25, 0.3) is 0 Å². The van der Waals surface area contributed by atoms with E-state index in [2.05, 4.69) is 27.4 Å². The molecule has 0 amide bonds. The van der Waals surface area contributed by atoms with Gasteiger partial charge in [-0.05, 0) is 37.8 Å². The van der Waals surface area contributed by atoms with Crippen molar-refractivity contribution in [3.63, 3.8) is 0 Å². The Morgan fingerprint density at radius 3 is 2.90 bits per heavy atom. The zero-order chi connectivity index (χ0) is 13.5. The molecule has 1 aliphatic rings. The van der Waals surface area contributed by atoms with Gasteiger partial charge in [0.15, 0.2) is 0 Å². The molecule has 2 aromatic heterocycles. The second-order valence-electron chi connectivity index (χ2n) is 5.35. The van der Waals surface area contributed by atoms with Crippen molar-refractivity contribution >= 4 is 17.0 Å². The minimum Gasteiger partial charge on any atom is -0.543 e. The Hall–Kier alpha value is -1.35. The number of aromatic carboxylic acids is 1. The van der Waals surface area contributed by atoms with E-state index in [0.29, 0.717) is 12.1 Å². The molecule has 0 bridgehead atoms. The Morgan fingerprint density at radius 2 is 2.30 bits per heavy atom. The molecule has 0 spiro atoms. The molecule has 0 radical (unpaired) electrons. The van der Waals surface area contributed by atoms with Gasteiger partial charge in [-0.15, -0.1) is 0 Å². The van der Waals surface area contributed by atoms with E-state index in [1.807, 2.05) is 0 Å². The number of rotatable bonds is 4. The summed E-state index contributed by atoms with van der Waals surface area (Å²) < 4.78 is 0. The molecule has 20 heavy (non-hydrogen) atoms. The van der Waals surface area contributed by atoms with E-state index >= 15 is 0 Å². The van der Waals surface area contributed by atoms with Gasteiger partial charge in [0, 0.05) is 12.1 Å². The van der Waals surface area contributed by atoms with Crippen LogP contribution in [0.4, 0.5) is 0 Å². The van der Waals surface area contributed by atoms with Gasteiger partial charge in [-0.2, -0.15) is 5.10 Å². The van der Waals surface area contributed by atoms with Crippen molar-refractivity contribution in [2.75, 3.05) is 0 Å². The monoisotopic (exact) mass is 266 g/mol.